The lowest BCUT2D eigenvalue weighted by molar-refractivity contribution is 1.40. The third-order valence-electron chi connectivity index (χ3n) is 1.57. The zero-order chi connectivity index (χ0) is 10.3. The quantitative estimate of drug-likeness (QED) is 0.560. The average molecular weight is 174 g/mol. The van der Waals surface area contributed by atoms with Crippen molar-refractivity contribution in [3.05, 3.63) is 60.3 Å². The van der Waals surface area contributed by atoms with E-state index in [0.29, 0.717) is 0 Å². The zero-order valence-corrected chi connectivity index (χ0v) is 8.80. The van der Waals surface area contributed by atoms with Gasteiger partial charge in [-0.3, -0.25) is 0 Å². The third-order valence-corrected chi connectivity index (χ3v) is 1.57. The molecule has 0 aromatic rings. The minimum atomic E-state index is 1.03. The fourth-order valence-corrected chi connectivity index (χ4v) is 0.877. The molecule has 0 bridgehead atoms. The van der Waals surface area contributed by atoms with Crippen molar-refractivity contribution in [2.45, 2.75) is 20.8 Å². The molecule has 0 aliphatic carbocycles. The molecule has 0 radical (unpaired) electrons. The summed E-state index contributed by atoms with van der Waals surface area (Å²) in [7, 11) is 0. The second kappa shape index (κ2) is 6.24. The van der Waals surface area contributed by atoms with E-state index in [9.17, 15) is 0 Å². The highest BCUT2D eigenvalue weighted by Gasteiger charge is 1.90. The summed E-state index contributed by atoms with van der Waals surface area (Å²) < 4.78 is 0. The van der Waals surface area contributed by atoms with Gasteiger partial charge in [-0.1, -0.05) is 49.1 Å². The Morgan fingerprint density at radius 3 is 2.15 bits per heavy atom. The number of rotatable bonds is 4. The van der Waals surface area contributed by atoms with Crippen LogP contribution in [0.15, 0.2) is 60.3 Å². The molecule has 0 aliphatic heterocycles. The SMILES string of the molecule is C=C(C)/C=C(/C)C(=C)/C=C\C=C\C. The Morgan fingerprint density at radius 1 is 1.08 bits per heavy atom. The Balaban J connectivity index is 4.36. The van der Waals surface area contributed by atoms with Gasteiger partial charge in [0.15, 0.2) is 0 Å². The third kappa shape index (κ3) is 5.92. The van der Waals surface area contributed by atoms with E-state index in [-0.39, 0.29) is 0 Å². The van der Waals surface area contributed by atoms with Gasteiger partial charge in [-0.05, 0) is 31.9 Å². The van der Waals surface area contributed by atoms with Crippen molar-refractivity contribution in [3.63, 3.8) is 0 Å². The lowest BCUT2D eigenvalue weighted by atomic mass is 10.1. The van der Waals surface area contributed by atoms with Gasteiger partial charge in [-0.15, -0.1) is 0 Å². The van der Waals surface area contributed by atoms with Crippen LogP contribution >= 0.6 is 0 Å². The van der Waals surface area contributed by atoms with Gasteiger partial charge >= 0.3 is 0 Å². The molecule has 0 aromatic carbocycles. The van der Waals surface area contributed by atoms with Crippen molar-refractivity contribution in [1.82, 2.24) is 0 Å². The average Bonchev–Trinajstić information content (AvgIpc) is 2.03. The Bertz CT molecular complexity index is 272. The molecule has 0 rings (SSSR count). The first kappa shape index (κ1) is 11.7. The van der Waals surface area contributed by atoms with Gasteiger partial charge in [-0.25, -0.2) is 0 Å². The predicted octanol–water partition coefficient (Wildman–Crippen LogP) is 4.20. The molecule has 0 spiro atoms. The summed E-state index contributed by atoms with van der Waals surface area (Å²) >= 11 is 0. The molecular weight excluding hydrogens is 156 g/mol. The maximum atomic E-state index is 3.95. The molecule has 0 heterocycles. The topological polar surface area (TPSA) is 0 Å². The summed E-state index contributed by atoms with van der Waals surface area (Å²) in [6.45, 7) is 13.8. The maximum Gasteiger partial charge on any atom is -0.0299 e. The van der Waals surface area contributed by atoms with E-state index < -0.39 is 0 Å². The smallest absolute Gasteiger partial charge is 0.0299 e. The van der Waals surface area contributed by atoms with Crippen LogP contribution in [0.2, 0.25) is 0 Å². The number of hydrogen-bond acceptors (Lipinski definition) is 0. The Kier molecular flexibility index (Phi) is 5.62. The highest BCUT2D eigenvalue weighted by atomic mass is 14.0. The van der Waals surface area contributed by atoms with Gasteiger partial charge < -0.3 is 0 Å². The summed E-state index contributed by atoms with van der Waals surface area (Å²) in [6.07, 6.45) is 9.98. The monoisotopic (exact) mass is 174 g/mol. The number of hydrogen-bond donors (Lipinski definition) is 0. The molecule has 0 heteroatoms. The first-order valence-electron chi connectivity index (χ1n) is 4.40. The molecule has 0 saturated heterocycles. The van der Waals surface area contributed by atoms with Gasteiger partial charge in [0.2, 0.25) is 0 Å². The van der Waals surface area contributed by atoms with E-state index >= 15 is 0 Å². The highest BCUT2D eigenvalue weighted by molar-refractivity contribution is 5.40. The molecule has 0 saturated carbocycles. The number of allylic oxidation sites excluding steroid dienone is 8. The van der Waals surface area contributed by atoms with E-state index in [1.807, 2.05) is 51.2 Å². The standard InChI is InChI=1S/C13H18/c1-6-7-8-9-12(4)13(5)10-11(2)3/h6-10H,2,4H2,1,3,5H3/b7-6+,9-8-,13-10-. The van der Waals surface area contributed by atoms with E-state index in [1.54, 1.807) is 0 Å². The molecule has 0 N–H and O–H groups in total. The zero-order valence-electron chi connectivity index (χ0n) is 8.80. The van der Waals surface area contributed by atoms with Crippen molar-refractivity contribution in [2.75, 3.05) is 0 Å². The Hall–Kier alpha value is -1.30. The fraction of sp³-hybridized carbons (Fsp3) is 0.231. The first-order valence-corrected chi connectivity index (χ1v) is 4.40. The molecule has 0 aromatic heterocycles. The van der Waals surface area contributed by atoms with Gasteiger partial charge in [-0.2, -0.15) is 0 Å². The summed E-state index contributed by atoms with van der Waals surface area (Å²) in [5, 5.41) is 0. The molecule has 0 amide bonds. The van der Waals surface area contributed by atoms with Gasteiger partial charge in [0.1, 0.15) is 0 Å². The van der Waals surface area contributed by atoms with Crippen molar-refractivity contribution in [2.24, 2.45) is 0 Å². The van der Waals surface area contributed by atoms with Crippen molar-refractivity contribution in [3.8, 4) is 0 Å². The molecule has 0 fully saturated rings. The van der Waals surface area contributed by atoms with E-state index in [0.717, 1.165) is 16.7 Å². The molecular formula is C13H18. The van der Waals surface area contributed by atoms with Crippen LogP contribution < -0.4 is 0 Å². The largest absolute Gasteiger partial charge is 0.0961 e. The molecule has 0 aliphatic rings. The highest BCUT2D eigenvalue weighted by Crippen LogP contribution is 2.10. The van der Waals surface area contributed by atoms with Gasteiger partial charge in [0.05, 0.1) is 0 Å². The van der Waals surface area contributed by atoms with Crippen LogP contribution in [0.5, 0.6) is 0 Å². The van der Waals surface area contributed by atoms with Crippen molar-refractivity contribution in [1.29, 1.82) is 0 Å². The van der Waals surface area contributed by atoms with E-state index in [2.05, 4.69) is 13.2 Å². The lowest BCUT2D eigenvalue weighted by Gasteiger charge is -1.99. The van der Waals surface area contributed by atoms with Crippen LogP contribution in [0, 0.1) is 0 Å². The van der Waals surface area contributed by atoms with Crippen molar-refractivity contribution < 1.29 is 0 Å². The Labute approximate surface area is 81.7 Å². The summed E-state index contributed by atoms with van der Waals surface area (Å²) in [4.78, 5) is 0. The van der Waals surface area contributed by atoms with Crippen LogP contribution in [0.3, 0.4) is 0 Å². The molecule has 0 atom stereocenters. The molecule has 70 valence electrons. The van der Waals surface area contributed by atoms with Gasteiger partial charge in [0.25, 0.3) is 0 Å². The molecule has 0 unspecified atom stereocenters. The normalized spacial score (nSPS) is 12.7. The van der Waals surface area contributed by atoms with Crippen LogP contribution in [-0.2, 0) is 0 Å². The molecule has 0 nitrogen and oxygen atoms in total. The fourth-order valence-electron chi connectivity index (χ4n) is 0.877. The predicted molar refractivity (Wildman–Crippen MR) is 61.7 cm³/mol. The maximum absolute atomic E-state index is 3.95. The Morgan fingerprint density at radius 2 is 1.69 bits per heavy atom. The van der Waals surface area contributed by atoms with Crippen LogP contribution in [0.25, 0.3) is 0 Å². The molecule has 13 heavy (non-hydrogen) atoms. The second-order valence-electron chi connectivity index (χ2n) is 3.08. The van der Waals surface area contributed by atoms with Gasteiger partial charge in [0, 0.05) is 0 Å². The van der Waals surface area contributed by atoms with E-state index in [4.69, 9.17) is 0 Å². The minimum Gasteiger partial charge on any atom is -0.0961 e. The van der Waals surface area contributed by atoms with E-state index in [1.165, 1.54) is 0 Å². The summed E-state index contributed by atoms with van der Waals surface area (Å²) in [5.74, 6) is 0. The van der Waals surface area contributed by atoms with Crippen LogP contribution in [0.4, 0.5) is 0 Å². The minimum absolute atomic E-state index is 1.03. The summed E-state index contributed by atoms with van der Waals surface area (Å²) in [5.41, 5.74) is 3.24. The van der Waals surface area contributed by atoms with Crippen molar-refractivity contribution >= 4 is 0 Å². The first-order chi connectivity index (χ1) is 6.07. The van der Waals surface area contributed by atoms with Crippen LogP contribution in [0.1, 0.15) is 20.8 Å². The second-order valence-corrected chi connectivity index (χ2v) is 3.08. The van der Waals surface area contributed by atoms with Crippen LogP contribution in [-0.4, -0.2) is 0 Å². The lowest BCUT2D eigenvalue weighted by Crippen LogP contribution is -1.78. The summed E-state index contributed by atoms with van der Waals surface area (Å²) in [6, 6.07) is 0.